The third-order valence-corrected chi connectivity index (χ3v) is 3.51. The summed E-state index contributed by atoms with van der Waals surface area (Å²) in [4.78, 5) is 15.5. The van der Waals surface area contributed by atoms with Gasteiger partial charge in [-0.3, -0.25) is 14.5 Å². The molecule has 0 unspecified atom stereocenters. The number of alkyl halides is 11. The molecule has 0 aliphatic rings. The first-order valence-electron chi connectivity index (χ1n) is 7.37. The number of nitrogens with one attached hydrogen (secondary N) is 1. The van der Waals surface area contributed by atoms with Crippen LogP contribution in [-0.4, -0.2) is 41.1 Å². The fourth-order valence-electron chi connectivity index (χ4n) is 2.00. The van der Waals surface area contributed by atoms with Gasteiger partial charge < -0.3 is 5.32 Å². The summed E-state index contributed by atoms with van der Waals surface area (Å²) in [7, 11) is 0. The molecular weight excluding hydrogens is 449 g/mol. The third-order valence-electron chi connectivity index (χ3n) is 3.51. The molecular formula is C15H7F11N2O2. The summed E-state index contributed by atoms with van der Waals surface area (Å²) in [6.45, 7) is 0. The quantitative estimate of drug-likeness (QED) is 0.629. The Balaban J connectivity index is 2.41. The molecule has 1 atom stereocenters. The van der Waals surface area contributed by atoms with E-state index in [-0.39, 0.29) is 10.9 Å². The number of fused-ring (bicyclic) bond motifs is 1. The lowest BCUT2D eigenvalue weighted by Gasteiger charge is -2.34. The zero-order valence-electron chi connectivity index (χ0n) is 13.9. The number of halogens is 11. The van der Waals surface area contributed by atoms with Crippen LogP contribution in [0.3, 0.4) is 0 Å². The first kappa shape index (κ1) is 23.6. The molecule has 4 nitrogen and oxygen atoms in total. The maximum absolute atomic E-state index is 14.2. The molecule has 0 aliphatic heterocycles. The summed E-state index contributed by atoms with van der Waals surface area (Å²) >= 11 is 0. The fraction of sp³-hybridized carbons (Fsp3) is 0.333. The number of hydrogen-bond donors (Lipinski definition) is 1. The van der Waals surface area contributed by atoms with Gasteiger partial charge in [0.25, 0.3) is 5.91 Å². The molecule has 2 rings (SSSR count). The van der Waals surface area contributed by atoms with Gasteiger partial charge in [-0.1, -0.05) is 6.07 Å². The minimum Gasteiger partial charge on any atom is -0.321 e. The number of carbonyl (C=O) groups is 1. The van der Waals surface area contributed by atoms with E-state index in [4.69, 9.17) is 0 Å². The number of anilines is 1. The molecule has 0 bridgehead atoms. The van der Waals surface area contributed by atoms with Crippen LogP contribution in [0.5, 0.6) is 0 Å². The van der Waals surface area contributed by atoms with Gasteiger partial charge in [0.2, 0.25) is 0 Å². The number of ether oxygens (including phenoxy) is 1. The minimum atomic E-state index is -7.25. The highest BCUT2D eigenvalue weighted by molar-refractivity contribution is 5.98. The topological polar surface area (TPSA) is 51.2 Å². The largest absolute Gasteiger partial charge is 0.462 e. The summed E-state index contributed by atoms with van der Waals surface area (Å²) in [5.74, 6) is -16.6. The van der Waals surface area contributed by atoms with E-state index in [0.29, 0.717) is 0 Å². The lowest BCUT2D eigenvalue weighted by atomic mass is 10.2. The first-order valence-corrected chi connectivity index (χ1v) is 7.37. The molecule has 166 valence electrons. The predicted octanol–water partition coefficient (Wildman–Crippen LogP) is 5.21. The van der Waals surface area contributed by atoms with Gasteiger partial charge in [-0.05, 0) is 24.3 Å². The highest BCUT2D eigenvalue weighted by Gasteiger charge is 2.79. The van der Waals surface area contributed by atoms with Crippen molar-refractivity contribution in [2.75, 3.05) is 5.32 Å². The van der Waals surface area contributed by atoms with E-state index in [1.165, 1.54) is 18.3 Å². The van der Waals surface area contributed by atoms with E-state index in [2.05, 4.69) is 9.72 Å². The van der Waals surface area contributed by atoms with Crippen molar-refractivity contribution in [1.82, 2.24) is 4.98 Å². The maximum Gasteiger partial charge on any atom is 0.462 e. The van der Waals surface area contributed by atoms with Gasteiger partial charge in [0, 0.05) is 17.3 Å². The Bertz CT molecular complexity index is 942. The predicted molar refractivity (Wildman–Crippen MR) is 77.3 cm³/mol. The molecule has 30 heavy (non-hydrogen) atoms. The Morgan fingerprint density at radius 1 is 0.867 bits per heavy atom. The third kappa shape index (κ3) is 4.11. The number of hydrogen-bond acceptors (Lipinski definition) is 3. The Morgan fingerprint density at radius 2 is 1.47 bits per heavy atom. The SMILES string of the molecule is O=C(Nc1ccc2ncccc2c1)[C@](F)(OC(F)(F)C(F)(F)C(F)(F)F)C(F)(F)F. The first-order chi connectivity index (χ1) is 13.4. The molecule has 2 aromatic rings. The molecule has 1 N–H and O–H groups in total. The van der Waals surface area contributed by atoms with Crippen molar-refractivity contribution in [3.05, 3.63) is 36.5 Å². The Morgan fingerprint density at radius 3 is 2.00 bits per heavy atom. The molecule has 0 aliphatic carbocycles. The van der Waals surface area contributed by atoms with Crippen molar-refractivity contribution in [2.45, 2.75) is 30.2 Å². The van der Waals surface area contributed by atoms with Gasteiger partial charge in [-0.15, -0.1) is 0 Å². The van der Waals surface area contributed by atoms with Gasteiger partial charge >= 0.3 is 30.2 Å². The molecule has 0 radical (unpaired) electrons. The highest BCUT2D eigenvalue weighted by Crippen LogP contribution is 2.51. The average Bonchev–Trinajstić information content (AvgIpc) is 2.59. The summed E-state index contributed by atoms with van der Waals surface area (Å²) < 4.78 is 143. The van der Waals surface area contributed by atoms with Crippen molar-refractivity contribution in [3.63, 3.8) is 0 Å². The van der Waals surface area contributed by atoms with Crippen molar-refractivity contribution in [2.24, 2.45) is 0 Å². The molecule has 1 aromatic heterocycles. The van der Waals surface area contributed by atoms with Gasteiger partial charge in [-0.2, -0.15) is 48.3 Å². The molecule has 0 spiro atoms. The maximum atomic E-state index is 14.2. The van der Waals surface area contributed by atoms with Crippen LogP contribution in [0.2, 0.25) is 0 Å². The van der Waals surface area contributed by atoms with Crippen molar-refractivity contribution in [3.8, 4) is 0 Å². The standard InChI is InChI=1S/C15H7F11N2O2/c16-11(13(19,20)21,30-15(25,26)12(17,18)14(22,23)24)10(29)28-8-3-4-9-7(6-8)2-1-5-27-9/h1-6H,(H,28,29)/t11-/m0/s1. The molecule has 15 heteroatoms. The molecule has 0 saturated heterocycles. The van der Waals surface area contributed by atoms with Crippen LogP contribution in [0.1, 0.15) is 0 Å². The Hall–Kier alpha value is -2.71. The molecule has 0 saturated carbocycles. The lowest BCUT2D eigenvalue weighted by molar-refractivity contribution is -0.472. The van der Waals surface area contributed by atoms with Crippen LogP contribution in [0, 0.1) is 0 Å². The van der Waals surface area contributed by atoms with Crippen LogP contribution in [0.4, 0.5) is 54.0 Å². The molecule has 1 aromatic carbocycles. The lowest BCUT2D eigenvalue weighted by Crippen LogP contribution is -2.62. The van der Waals surface area contributed by atoms with E-state index in [9.17, 15) is 53.1 Å². The normalized spacial score (nSPS) is 15.7. The van der Waals surface area contributed by atoms with Crippen LogP contribution >= 0.6 is 0 Å². The second kappa shape index (κ2) is 7.21. The minimum absolute atomic E-state index is 0.168. The van der Waals surface area contributed by atoms with Crippen molar-refractivity contribution >= 4 is 22.5 Å². The number of benzene rings is 1. The average molecular weight is 456 g/mol. The molecule has 0 fully saturated rings. The number of carbonyl (C=O) groups excluding carboxylic acids is 1. The van der Waals surface area contributed by atoms with Crippen LogP contribution in [0.25, 0.3) is 10.9 Å². The van der Waals surface area contributed by atoms with Crippen molar-refractivity contribution in [1.29, 1.82) is 0 Å². The van der Waals surface area contributed by atoms with Crippen LogP contribution < -0.4 is 5.32 Å². The van der Waals surface area contributed by atoms with E-state index in [0.717, 1.165) is 23.5 Å². The monoisotopic (exact) mass is 456 g/mol. The number of nitrogens with zero attached hydrogens (tertiary/aromatic N) is 1. The summed E-state index contributed by atoms with van der Waals surface area (Å²) in [5.41, 5.74) is -0.410. The number of pyridine rings is 1. The van der Waals surface area contributed by atoms with Gasteiger partial charge in [0.1, 0.15) is 0 Å². The van der Waals surface area contributed by atoms with Gasteiger partial charge in [0.05, 0.1) is 5.52 Å². The number of rotatable bonds is 5. The van der Waals surface area contributed by atoms with Gasteiger partial charge in [0.15, 0.2) is 0 Å². The zero-order valence-corrected chi connectivity index (χ0v) is 13.9. The van der Waals surface area contributed by atoms with Crippen molar-refractivity contribution < 1.29 is 57.8 Å². The number of aromatic nitrogens is 1. The van der Waals surface area contributed by atoms with Crippen LogP contribution in [0.15, 0.2) is 36.5 Å². The van der Waals surface area contributed by atoms with E-state index in [1.807, 2.05) is 0 Å². The van der Waals surface area contributed by atoms with E-state index >= 15 is 0 Å². The second-order valence-electron chi connectivity index (χ2n) is 5.65. The zero-order chi connectivity index (χ0) is 23.2. The van der Waals surface area contributed by atoms with E-state index < -0.39 is 41.8 Å². The fourth-order valence-corrected chi connectivity index (χ4v) is 2.00. The van der Waals surface area contributed by atoms with Crippen LogP contribution in [-0.2, 0) is 9.53 Å². The smallest absolute Gasteiger partial charge is 0.321 e. The highest BCUT2D eigenvalue weighted by atomic mass is 19.4. The Kier molecular flexibility index (Phi) is 5.66. The Labute approximate surface area is 158 Å². The summed E-state index contributed by atoms with van der Waals surface area (Å²) in [6, 6.07) is 5.53. The molecule has 1 amide bonds. The van der Waals surface area contributed by atoms with Gasteiger partial charge in [-0.25, -0.2) is 0 Å². The number of amides is 1. The second-order valence-corrected chi connectivity index (χ2v) is 5.65. The summed E-state index contributed by atoms with van der Waals surface area (Å²) in [6.07, 6.45) is -19.7. The molecule has 1 heterocycles. The van der Waals surface area contributed by atoms with E-state index in [1.54, 1.807) is 0 Å². The summed E-state index contributed by atoms with van der Waals surface area (Å²) in [5, 5.41) is 1.32.